The molecule has 0 amide bonds. The van der Waals surface area contributed by atoms with Crippen LogP contribution in [0.25, 0.3) is 0 Å². The molecule has 0 spiro atoms. The van der Waals surface area contributed by atoms with Gasteiger partial charge in [0.1, 0.15) is 0 Å². The van der Waals surface area contributed by atoms with Crippen LogP contribution in [-0.2, 0) is 13.6 Å². The first-order valence-corrected chi connectivity index (χ1v) is 5.65. The molecule has 2 rings (SSSR count). The minimum absolute atomic E-state index is 0.122. The van der Waals surface area contributed by atoms with Crippen LogP contribution in [-0.4, -0.2) is 14.5 Å². The quantitative estimate of drug-likeness (QED) is 0.868. The first-order chi connectivity index (χ1) is 7.66. The first-order valence-electron chi connectivity index (χ1n) is 4.83. The van der Waals surface area contributed by atoms with E-state index in [1.807, 2.05) is 6.92 Å². The van der Waals surface area contributed by atoms with Crippen molar-refractivity contribution in [1.29, 1.82) is 0 Å². The SMILES string of the molecule is Cc1ncc(CNc2nccn(C)c2=O)s1. The van der Waals surface area contributed by atoms with Crippen LogP contribution in [0.5, 0.6) is 0 Å². The molecule has 0 bridgehead atoms. The van der Waals surface area contributed by atoms with Gasteiger partial charge in [-0.2, -0.15) is 0 Å². The zero-order valence-corrected chi connectivity index (χ0v) is 9.91. The van der Waals surface area contributed by atoms with Gasteiger partial charge in [0.2, 0.25) is 0 Å². The molecule has 2 heterocycles. The molecule has 16 heavy (non-hydrogen) atoms. The van der Waals surface area contributed by atoms with Gasteiger partial charge in [-0.15, -0.1) is 11.3 Å². The Hall–Kier alpha value is -1.69. The molecule has 0 aromatic carbocycles. The predicted octanol–water partition coefficient (Wildman–Crippen LogP) is 1.16. The Labute approximate surface area is 96.8 Å². The summed E-state index contributed by atoms with van der Waals surface area (Å²) in [6, 6.07) is 0. The third-order valence-corrected chi connectivity index (χ3v) is 3.03. The van der Waals surface area contributed by atoms with Gasteiger partial charge in [0.25, 0.3) is 5.56 Å². The summed E-state index contributed by atoms with van der Waals surface area (Å²) in [5, 5.41) is 4.03. The first kappa shape index (κ1) is 10.8. The fourth-order valence-electron chi connectivity index (χ4n) is 1.28. The van der Waals surface area contributed by atoms with Gasteiger partial charge in [0, 0.05) is 30.5 Å². The van der Waals surface area contributed by atoms with E-state index in [0.29, 0.717) is 12.4 Å². The maximum absolute atomic E-state index is 11.6. The number of aryl methyl sites for hydroxylation is 2. The van der Waals surface area contributed by atoms with Crippen molar-refractivity contribution in [1.82, 2.24) is 14.5 Å². The molecular weight excluding hydrogens is 224 g/mol. The van der Waals surface area contributed by atoms with Gasteiger partial charge in [0.15, 0.2) is 5.82 Å². The fourth-order valence-corrected chi connectivity index (χ4v) is 2.01. The Bertz CT molecular complexity index is 546. The van der Waals surface area contributed by atoms with Gasteiger partial charge in [-0.1, -0.05) is 0 Å². The number of hydrogen-bond acceptors (Lipinski definition) is 5. The Balaban J connectivity index is 2.11. The highest BCUT2D eigenvalue weighted by atomic mass is 32.1. The van der Waals surface area contributed by atoms with Crippen molar-refractivity contribution in [2.24, 2.45) is 7.05 Å². The minimum atomic E-state index is -0.122. The van der Waals surface area contributed by atoms with Crippen molar-refractivity contribution in [2.75, 3.05) is 5.32 Å². The number of anilines is 1. The van der Waals surface area contributed by atoms with E-state index in [-0.39, 0.29) is 5.56 Å². The molecule has 0 aliphatic heterocycles. The second-order valence-corrected chi connectivity index (χ2v) is 4.71. The summed E-state index contributed by atoms with van der Waals surface area (Å²) in [6.45, 7) is 2.53. The molecule has 0 aliphatic rings. The van der Waals surface area contributed by atoms with Crippen molar-refractivity contribution in [2.45, 2.75) is 13.5 Å². The molecule has 0 atom stereocenters. The highest BCUT2D eigenvalue weighted by molar-refractivity contribution is 7.11. The molecular formula is C10H12N4OS. The summed E-state index contributed by atoms with van der Waals surface area (Å²) in [7, 11) is 1.70. The maximum Gasteiger partial charge on any atom is 0.293 e. The van der Waals surface area contributed by atoms with E-state index < -0.39 is 0 Å². The van der Waals surface area contributed by atoms with Crippen molar-refractivity contribution in [3.05, 3.63) is 38.8 Å². The average molecular weight is 236 g/mol. The smallest absolute Gasteiger partial charge is 0.293 e. The summed E-state index contributed by atoms with van der Waals surface area (Å²) < 4.78 is 1.49. The number of thiazole rings is 1. The lowest BCUT2D eigenvalue weighted by Crippen LogP contribution is -2.21. The van der Waals surface area contributed by atoms with Gasteiger partial charge in [0.05, 0.1) is 11.6 Å². The summed E-state index contributed by atoms with van der Waals surface area (Å²) in [5.74, 6) is 0.371. The van der Waals surface area contributed by atoms with E-state index in [1.54, 1.807) is 37.0 Å². The number of hydrogen-bond donors (Lipinski definition) is 1. The van der Waals surface area contributed by atoms with Crippen LogP contribution in [0.15, 0.2) is 23.4 Å². The lowest BCUT2D eigenvalue weighted by Gasteiger charge is -2.03. The van der Waals surface area contributed by atoms with Gasteiger partial charge < -0.3 is 9.88 Å². The Morgan fingerprint density at radius 2 is 2.31 bits per heavy atom. The van der Waals surface area contributed by atoms with Crippen LogP contribution in [0.1, 0.15) is 9.88 Å². The van der Waals surface area contributed by atoms with E-state index in [0.717, 1.165) is 9.88 Å². The number of nitrogens with one attached hydrogen (secondary N) is 1. The normalized spacial score (nSPS) is 10.4. The second-order valence-electron chi connectivity index (χ2n) is 3.39. The molecule has 0 fully saturated rings. The number of rotatable bonds is 3. The van der Waals surface area contributed by atoms with E-state index in [4.69, 9.17) is 0 Å². The van der Waals surface area contributed by atoms with Crippen molar-refractivity contribution >= 4 is 17.2 Å². The molecule has 5 nitrogen and oxygen atoms in total. The molecule has 0 saturated heterocycles. The van der Waals surface area contributed by atoms with E-state index in [9.17, 15) is 4.79 Å². The maximum atomic E-state index is 11.6. The second kappa shape index (κ2) is 4.44. The van der Waals surface area contributed by atoms with Gasteiger partial charge in [-0.3, -0.25) is 4.79 Å². The van der Waals surface area contributed by atoms with Crippen molar-refractivity contribution in [3.63, 3.8) is 0 Å². The zero-order valence-electron chi connectivity index (χ0n) is 9.10. The number of nitrogens with zero attached hydrogens (tertiary/aromatic N) is 3. The van der Waals surface area contributed by atoms with Crippen molar-refractivity contribution in [3.8, 4) is 0 Å². The highest BCUT2D eigenvalue weighted by Crippen LogP contribution is 2.12. The van der Waals surface area contributed by atoms with Crippen LogP contribution in [0.4, 0.5) is 5.82 Å². The molecule has 0 unspecified atom stereocenters. The summed E-state index contributed by atoms with van der Waals surface area (Å²) in [4.78, 5) is 20.9. The lowest BCUT2D eigenvalue weighted by atomic mass is 10.5. The van der Waals surface area contributed by atoms with Crippen LogP contribution < -0.4 is 10.9 Å². The molecule has 0 saturated carbocycles. The largest absolute Gasteiger partial charge is 0.361 e. The number of aromatic nitrogens is 3. The average Bonchev–Trinajstić information content (AvgIpc) is 2.67. The van der Waals surface area contributed by atoms with Crippen LogP contribution in [0, 0.1) is 6.92 Å². The highest BCUT2D eigenvalue weighted by Gasteiger charge is 2.03. The standard InChI is InChI=1S/C10H12N4OS/c1-7-12-5-8(16-7)6-13-9-10(15)14(2)4-3-11-9/h3-5H,6H2,1-2H3,(H,11,13). The zero-order chi connectivity index (χ0) is 11.5. The predicted molar refractivity (Wildman–Crippen MR) is 63.7 cm³/mol. The Kier molecular flexibility index (Phi) is 3.00. The molecule has 6 heteroatoms. The van der Waals surface area contributed by atoms with E-state index in [2.05, 4.69) is 15.3 Å². The summed E-state index contributed by atoms with van der Waals surface area (Å²) in [5.41, 5.74) is -0.122. The monoisotopic (exact) mass is 236 g/mol. The van der Waals surface area contributed by atoms with Gasteiger partial charge in [-0.05, 0) is 6.92 Å². The Morgan fingerprint density at radius 1 is 1.50 bits per heavy atom. The van der Waals surface area contributed by atoms with Gasteiger partial charge in [-0.25, -0.2) is 9.97 Å². The molecule has 1 N–H and O–H groups in total. The van der Waals surface area contributed by atoms with Crippen LogP contribution in [0.2, 0.25) is 0 Å². The minimum Gasteiger partial charge on any atom is -0.361 e. The molecule has 2 aromatic rings. The third-order valence-electron chi connectivity index (χ3n) is 2.12. The lowest BCUT2D eigenvalue weighted by molar-refractivity contribution is 0.839. The van der Waals surface area contributed by atoms with Crippen LogP contribution >= 0.6 is 11.3 Å². The van der Waals surface area contributed by atoms with Gasteiger partial charge >= 0.3 is 0 Å². The fraction of sp³-hybridized carbons (Fsp3) is 0.300. The molecule has 84 valence electrons. The van der Waals surface area contributed by atoms with E-state index in [1.165, 1.54) is 4.57 Å². The Morgan fingerprint density at radius 3 is 3.00 bits per heavy atom. The van der Waals surface area contributed by atoms with E-state index >= 15 is 0 Å². The summed E-state index contributed by atoms with van der Waals surface area (Å²) >= 11 is 1.61. The van der Waals surface area contributed by atoms with Crippen LogP contribution in [0.3, 0.4) is 0 Å². The van der Waals surface area contributed by atoms with Crippen molar-refractivity contribution < 1.29 is 0 Å². The summed E-state index contributed by atoms with van der Waals surface area (Å²) in [6.07, 6.45) is 5.03. The molecule has 0 radical (unpaired) electrons. The third kappa shape index (κ3) is 2.27. The topological polar surface area (TPSA) is 59.8 Å². The molecule has 2 aromatic heterocycles. The molecule has 0 aliphatic carbocycles.